The van der Waals surface area contributed by atoms with Crippen LogP contribution in [0.15, 0.2) is 23.6 Å². The summed E-state index contributed by atoms with van der Waals surface area (Å²) < 4.78 is 1.01. The van der Waals surface area contributed by atoms with E-state index >= 15 is 0 Å². The second-order valence-electron chi connectivity index (χ2n) is 3.05. The minimum Gasteiger partial charge on any atom is -0.507 e. The fourth-order valence-corrected chi connectivity index (χ4v) is 2.19. The molecule has 0 atom stereocenters. The highest BCUT2D eigenvalue weighted by molar-refractivity contribution is 7.17. The van der Waals surface area contributed by atoms with Crippen molar-refractivity contribution in [3.63, 3.8) is 0 Å². The van der Waals surface area contributed by atoms with Crippen LogP contribution in [0.4, 0.5) is 0 Å². The highest BCUT2D eigenvalue weighted by atomic mass is 32.1. The average Bonchev–Trinajstić information content (AvgIpc) is 2.57. The Morgan fingerprint density at radius 3 is 2.93 bits per heavy atom. The Kier molecular flexibility index (Phi) is 2.13. The van der Waals surface area contributed by atoms with E-state index in [0.717, 1.165) is 10.1 Å². The quantitative estimate of drug-likeness (QED) is 0.786. The van der Waals surface area contributed by atoms with Crippen LogP contribution in [0.5, 0.6) is 5.75 Å². The van der Waals surface area contributed by atoms with Crippen LogP contribution in [0.2, 0.25) is 0 Å². The van der Waals surface area contributed by atoms with E-state index in [2.05, 4.69) is 0 Å². The maximum atomic E-state index is 10.7. The van der Waals surface area contributed by atoms with Crippen molar-refractivity contribution in [3.8, 4) is 5.75 Å². The van der Waals surface area contributed by atoms with Gasteiger partial charge < -0.3 is 10.8 Å². The number of carbonyl (C=O) groups excluding carboxylic acids is 1. The SMILES string of the molecule is NC(=O)Cc1ccc2sccc2c1O. The van der Waals surface area contributed by atoms with E-state index in [1.54, 1.807) is 17.4 Å². The van der Waals surface area contributed by atoms with Crippen LogP contribution in [-0.4, -0.2) is 11.0 Å². The summed E-state index contributed by atoms with van der Waals surface area (Å²) in [6, 6.07) is 5.46. The number of amides is 1. The highest BCUT2D eigenvalue weighted by Crippen LogP contribution is 2.32. The molecule has 1 amide bonds. The first kappa shape index (κ1) is 9.02. The normalized spacial score (nSPS) is 10.6. The molecule has 2 aromatic rings. The number of hydrogen-bond acceptors (Lipinski definition) is 3. The predicted molar refractivity (Wildman–Crippen MR) is 56.4 cm³/mol. The molecule has 1 heterocycles. The molecule has 0 fully saturated rings. The van der Waals surface area contributed by atoms with Crippen molar-refractivity contribution < 1.29 is 9.90 Å². The summed E-state index contributed by atoms with van der Waals surface area (Å²) in [5.74, 6) is -0.266. The van der Waals surface area contributed by atoms with E-state index in [4.69, 9.17) is 5.73 Å². The number of benzene rings is 1. The number of carbonyl (C=O) groups is 1. The fourth-order valence-electron chi connectivity index (χ4n) is 1.40. The molecule has 4 heteroatoms. The lowest BCUT2D eigenvalue weighted by molar-refractivity contribution is -0.117. The lowest BCUT2D eigenvalue weighted by Gasteiger charge is -2.02. The molecule has 0 aliphatic heterocycles. The van der Waals surface area contributed by atoms with E-state index in [1.807, 2.05) is 17.5 Å². The molecule has 0 aliphatic rings. The Morgan fingerprint density at radius 1 is 1.43 bits per heavy atom. The van der Waals surface area contributed by atoms with E-state index in [1.165, 1.54) is 0 Å². The summed E-state index contributed by atoms with van der Waals surface area (Å²) in [5, 5.41) is 12.5. The molecule has 3 N–H and O–H groups in total. The molecule has 0 saturated carbocycles. The van der Waals surface area contributed by atoms with Gasteiger partial charge in [0.1, 0.15) is 5.75 Å². The van der Waals surface area contributed by atoms with Crippen molar-refractivity contribution in [2.75, 3.05) is 0 Å². The number of phenols is 1. The predicted octanol–water partition coefficient (Wildman–Crippen LogP) is 1.63. The first-order valence-electron chi connectivity index (χ1n) is 4.15. The zero-order valence-electron chi connectivity index (χ0n) is 7.36. The van der Waals surface area contributed by atoms with Gasteiger partial charge in [0.15, 0.2) is 0 Å². The van der Waals surface area contributed by atoms with Gasteiger partial charge in [-0.05, 0) is 17.5 Å². The zero-order valence-corrected chi connectivity index (χ0v) is 8.17. The number of nitrogens with two attached hydrogens (primary N) is 1. The van der Waals surface area contributed by atoms with Gasteiger partial charge in [-0.3, -0.25) is 4.79 Å². The molecular weight excluding hydrogens is 198 g/mol. The number of rotatable bonds is 2. The molecule has 14 heavy (non-hydrogen) atoms. The first-order chi connectivity index (χ1) is 6.68. The fraction of sp³-hybridized carbons (Fsp3) is 0.100. The van der Waals surface area contributed by atoms with Gasteiger partial charge in [-0.15, -0.1) is 11.3 Å². The smallest absolute Gasteiger partial charge is 0.221 e. The molecule has 0 unspecified atom stereocenters. The monoisotopic (exact) mass is 207 g/mol. The number of primary amides is 1. The van der Waals surface area contributed by atoms with Gasteiger partial charge in [0.05, 0.1) is 6.42 Å². The standard InChI is InChI=1S/C10H9NO2S/c11-9(12)5-6-1-2-8-7(10(6)13)3-4-14-8/h1-4,13H,5H2,(H2,11,12). The number of aromatic hydroxyl groups is 1. The van der Waals surface area contributed by atoms with E-state index < -0.39 is 5.91 Å². The van der Waals surface area contributed by atoms with Gasteiger partial charge in [-0.25, -0.2) is 0 Å². The van der Waals surface area contributed by atoms with Crippen LogP contribution >= 0.6 is 11.3 Å². The summed E-state index contributed by atoms with van der Waals surface area (Å²) in [4.78, 5) is 10.7. The van der Waals surface area contributed by atoms with Gasteiger partial charge >= 0.3 is 0 Å². The minimum absolute atomic E-state index is 0.0810. The number of hydrogen-bond donors (Lipinski definition) is 2. The van der Waals surface area contributed by atoms with Crippen LogP contribution < -0.4 is 5.73 Å². The van der Waals surface area contributed by atoms with E-state index in [9.17, 15) is 9.90 Å². The molecule has 0 bridgehead atoms. The van der Waals surface area contributed by atoms with Crippen molar-refractivity contribution in [2.24, 2.45) is 5.73 Å². The molecule has 0 spiro atoms. The second kappa shape index (κ2) is 3.31. The molecule has 1 aromatic heterocycles. The summed E-state index contributed by atoms with van der Waals surface area (Å²) in [7, 11) is 0. The topological polar surface area (TPSA) is 63.3 Å². The van der Waals surface area contributed by atoms with Crippen molar-refractivity contribution in [3.05, 3.63) is 29.1 Å². The highest BCUT2D eigenvalue weighted by Gasteiger charge is 2.08. The van der Waals surface area contributed by atoms with Crippen LogP contribution in [0, 0.1) is 0 Å². The van der Waals surface area contributed by atoms with Crippen LogP contribution in [0.1, 0.15) is 5.56 Å². The second-order valence-corrected chi connectivity index (χ2v) is 4.00. The van der Waals surface area contributed by atoms with E-state index in [-0.39, 0.29) is 12.2 Å². The lowest BCUT2D eigenvalue weighted by atomic mass is 10.1. The zero-order chi connectivity index (χ0) is 10.1. The summed E-state index contributed by atoms with van der Waals surface area (Å²) in [5.41, 5.74) is 5.65. The third kappa shape index (κ3) is 1.44. The molecule has 72 valence electrons. The molecule has 0 saturated heterocycles. The molecule has 3 nitrogen and oxygen atoms in total. The van der Waals surface area contributed by atoms with Gasteiger partial charge in [-0.1, -0.05) is 6.07 Å². The number of fused-ring (bicyclic) bond motifs is 1. The third-order valence-corrected chi connectivity index (χ3v) is 2.94. The average molecular weight is 207 g/mol. The van der Waals surface area contributed by atoms with Gasteiger partial charge in [-0.2, -0.15) is 0 Å². The maximum absolute atomic E-state index is 10.7. The number of thiophene rings is 1. The largest absolute Gasteiger partial charge is 0.507 e. The molecule has 0 radical (unpaired) electrons. The Labute approximate surface area is 84.8 Å². The van der Waals surface area contributed by atoms with Crippen LogP contribution in [-0.2, 0) is 11.2 Å². The Hall–Kier alpha value is -1.55. The molecule has 1 aromatic carbocycles. The Balaban J connectivity index is 2.56. The van der Waals surface area contributed by atoms with Gasteiger partial charge in [0.25, 0.3) is 0 Å². The molecular formula is C10H9NO2S. The third-order valence-electron chi connectivity index (χ3n) is 2.06. The lowest BCUT2D eigenvalue weighted by Crippen LogP contribution is -2.13. The van der Waals surface area contributed by atoms with Crippen molar-refractivity contribution in [2.45, 2.75) is 6.42 Å². The number of phenolic OH excluding ortho intramolecular Hbond substituents is 1. The summed E-state index contributed by atoms with van der Waals surface area (Å²) in [6.45, 7) is 0. The van der Waals surface area contributed by atoms with Crippen LogP contribution in [0.3, 0.4) is 0 Å². The maximum Gasteiger partial charge on any atom is 0.221 e. The van der Waals surface area contributed by atoms with Crippen molar-refractivity contribution in [1.29, 1.82) is 0 Å². The van der Waals surface area contributed by atoms with Crippen LogP contribution in [0.25, 0.3) is 10.1 Å². The molecule has 0 aliphatic carbocycles. The van der Waals surface area contributed by atoms with Gasteiger partial charge in [0, 0.05) is 15.6 Å². The summed E-state index contributed by atoms with van der Waals surface area (Å²) >= 11 is 1.55. The van der Waals surface area contributed by atoms with Crippen molar-refractivity contribution in [1.82, 2.24) is 0 Å². The minimum atomic E-state index is -0.435. The summed E-state index contributed by atoms with van der Waals surface area (Å²) in [6.07, 6.45) is 0.0810. The molecule has 2 rings (SSSR count). The van der Waals surface area contributed by atoms with Crippen molar-refractivity contribution >= 4 is 27.3 Å². The Bertz CT molecular complexity index is 490. The van der Waals surface area contributed by atoms with E-state index in [0.29, 0.717) is 5.56 Å². The first-order valence-corrected chi connectivity index (χ1v) is 5.03. The van der Waals surface area contributed by atoms with Gasteiger partial charge in [0.2, 0.25) is 5.91 Å². The Morgan fingerprint density at radius 2 is 2.21 bits per heavy atom.